The predicted octanol–water partition coefficient (Wildman–Crippen LogP) is 3.00. The number of anilines is 1. The topological polar surface area (TPSA) is 37.6 Å². The van der Waals surface area contributed by atoms with Gasteiger partial charge in [0, 0.05) is 24.6 Å². The zero-order chi connectivity index (χ0) is 13.9. The Bertz CT molecular complexity index is 734. The third kappa shape index (κ3) is 2.05. The molecular formula is C16H15N3O. The van der Waals surface area contributed by atoms with Gasteiger partial charge in [-0.2, -0.15) is 0 Å². The van der Waals surface area contributed by atoms with E-state index in [4.69, 9.17) is 0 Å². The van der Waals surface area contributed by atoms with E-state index in [9.17, 15) is 4.79 Å². The van der Waals surface area contributed by atoms with Crippen LogP contribution >= 0.6 is 0 Å². The van der Waals surface area contributed by atoms with E-state index in [0.717, 1.165) is 11.3 Å². The van der Waals surface area contributed by atoms with Crippen molar-refractivity contribution < 1.29 is 4.79 Å². The van der Waals surface area contributed by atoms with Crippen LogP contribution in [0.3, 0.4) is 0 Å². The maximum atomic E-state index is 12.8. The summed E-state index contributed by atoms with van der Waals surface area (Å²) in [5.41, 5.74) is 2.29. The summed E-state index contributed by atoms with van der Waals surface area (Å²) in [5, 5.41) is 0. The number of para-hydroxylation sites is 1. The number of pyridine rings is 1. The molecule has 0 bridgehead atoms. The molecule has 0 aliphatic rings. The monoisotopic (exact) mass is 265 g/mol. The van der Waals surface area contributed by atoms with Crippen molar-refractivity contribution in [2.45, 2.75) is 6.92 Å². The fraction of sp³-hybridized carbons (Fsp3) is 0.125. The highest BCUT2D eigenvalue weighted by atomic mass is 16.2. The molecule has 0 fully saturated rings. The molecular weight excluding hydrogens is 250 g/mol. The Morgan fingerprint density at radius 2 is 1.95 bits per heavy atom. The van der Waals surface area contributed by atoms with Crippen LogP contribution in [0.5, 0.6) is 0 Å². The quantitative estimate of drug-likeness (QED) is 0.730. The summed E-state index contributed by atoms with van der Waals surface area (Å²) in [5.74, 6) is -0.0256. The van der Waals surface area contributed by atoms with Gasteiger partial charge in [0.15, 0.2) is 0 Å². The summed E-state index contributed by atoms with van der Waals surface area (Å²) in [4.78, 5) is 18.7. The van der Waals surface area contributed by atoms with Crippen LogP contribution in [-0.4, -0.2) is 21.8 Å². The molecule has 0 saturated carbocycles. The second-order valence-corrected chi connectivity index (χ2v) is 4.45. The number of benzene rings is 1. The molecule has 0 aliphatic carbocycles. The van der Waals surface area contributed by atoms with E-state index in [1.165, 1.54) is 0 Å². The first kappa shape index (κ1) is 12.4. The van der Waals surface area contributed by atoms with E-state index >= 15 is 0 Å². The van der Waals surface area contributed by atoms with Gasteiger partial charge in [-0.3, -0.25) is 9.20 Å². The van der Waals surface area contributed by atoms with Crippen molar-refractivity contribution in [2.24, 2.45) is 0 Å². The van der Waals surface area contributed by atoms with Gasteiger partial charge in [0.05, 0.1) is 0 Å². The summed E-state index contributed by atoms with van der Waals surface area (Å²) in [6.07, 6.45) is 3.51. The fourth-order valence-corrected chi connectivity index (χ4v) is 2.31. The van der Waals surface area contributed by atoms with E-state index in [0.29, 0.717) is 12.2 Å². The normalized spacial score (nSPS) is 10.7. The molecule has 0 radical (unpaired) electrons. The summed E-state index contributed by atoms with van der Waals surface area (Å²) >= 11 is 0. The van der Waals surface area contributed by atoms with Crippen molar-refractivity contribution in [3.05, 3.63) is 66.6 Å². The van der Waals surface area contributed by atoms with Crippen LogP contribution in [0.25, 0.3) is 5.65 Å². The number of aromatic nitrogens is 2. The van der Waals surface area contributed by atoms with Crippen LogP contribution in [0, 0.1) is 0 Å². The lowest BCUT2D eigenvalue weighted by Gasteiger charge is -2.21. The number of rotatable bonds is 3. The largest absolute Gasteiger partial charge is 0.307 e. The summed E-state index contributed by atoms with van der Waals surface area (Å²) in [6.45, 7) is 2.59. The number of carbonyl (C=O) groups excluding carboxylic acids is 1. The van der Waals surface area contributed by atoms with Crippen LogP contribution in [0.2, 0.25) is 0 Å². The van der Waals surface area contributed by atoms with E-state index in [1.54, 1.807) is 17.3 Å². The smallest absolute Gasteiger partial charge is 0.275 e. The first-order valence-corrected chi connectivity index (χ1v) is 6.60. The maximum absolute atomic E-state index is 12.8. The van der Waals surface area contributed by atoms with Crippen LogP contribution in [0.15, 0.2) is 60.9 Å². The van der Waals surface area contributed by atoms with Gasteiger partial charge in [-0.25, -0.2) is 4.98 Å². The Morgan fingerprint density at radius 1 is 1.15 bits per heavy atom. The SMILES string of the molecule is CCN(C(=O)c1cccc2nccn12)c1ccccc1. The molecule has 4 nitrogen and oxygen atoms in total. The third-order valence-electron chi connectivity index (χ3n) is 3.28. The predicted molar refractivity (Wildman–Crippen MR) is 79.0 cm³/mol. The lowest BCUT2D eigenvalue weighted by molar-refractivity contribution is 0.0982. The molecule has 20 heavy (non-hydrogen) atoms. The van der Waals surface area contributed by atoms with Gasteiger partial charge in [0.2, 0.25) is 0 Å². The second kappa shape index (κ2) is 5.17. The fourth-order valence-electron chi connectivity index (χ4n) is 2.31. The molecule has 3 aromatic rings. The summed E-state index contributed by atoms with van der Waals surface area (Å²) in [7, 11) is 0. The van der Waals surface area contributed by atoms with Gasteiger partial charge in [-0.15, -0.1) is 0 Å². The minimum Gasteiger partial charge on any atom is -0.307 e. The van der Waals surface area contributed by atoms with E-state index in [2.05, 4.69) is 4.98 Å². The Balaban J connectivity index is 2.05. The first-order valence-electron chi connectivity index (χ1n) is 6.60. The highest BCUT2D eigenvalue weighted by Crippen LogP contribution is 2.17. The molecule has 1 amide bonds. The summed E-state index contributed by atoms with van der Waals surface area (Å²) in [6, 6.07) is 15.3. The third-order valence-corrected chi connectivity index (χ3v) is 3.28. The number of hydrogen-bond donors (Lipinski definition) is 0. The molecule has 2 heterocycles. The molecule has 4 heteroatoms. The Kier molecular flexibility index (Phi) is 3.21. The molecule has 0 saturated heterocycles. The molecule has 1 aromatic carbocycles. The van der Waals surface area contributed by atoms with Gasteiger partial charge in [-0.05, 0) is 31.2 Å². The number of imidazole rings is 1. The zero-order valence-electron chi connectivity index (χ0n) is 11.2. The van der Waals surface area contributed by atoms with Crippen LogP contribution in [0.1, 0.15) is 17.4 Å². The number of hydrogen-bond acceptors (Lipinski definition) is 2. The number of nitrogens with zero attached hydrogens (tertiary/aromatic N) is 3. The van der Waals surface area contributed by atoms with E-state index < -0.39 is 0 Å². The lowest BCUT2D eigenvalue weighted by atomic mass is 10.2. The average Bonchev–Trinajstić information content (AvgIpc) is 2.97. The van der Waals surface area contributed by atoms with Crippen molar-refractivity contribution in [1.82, 2.24) is 9.38 Å². The highest BCUT2D eigenvalue weighted by Gasteiger charge is 2.18. The van der Waals surface area contributed by atoms with Crippen LogP contribution < -0.4 is 4.90 Å². The number of amides is 1. The van der Waals surface area contributed by atoms with Crippen LogP contribution in [-0.2, 0) is 0 Å². The molecule has 0 unspecified atom stereocenters. The van der Waals surface area contributed by atoms with Gasteiger partial charge in [-0.1, -0.05) is 24.3 Å². The summed E-state index contributed by atoms with van der Waals surface area (Å²) < 4.78 is 1.81. The van der Waals surface area contributed by atoms with Crippen molar-refractivity contribution in [3.8, 4) is 0 Å². The molecule has 0 atom stereocenters. The number of carbonyl (C=O) groups is 1. The van der Waals surface area contributed by atoms with Gasteiger partial charge >= 0.3 is 0 Å². The molecule has 0 N–H and O–H groups in total. The standard InChI is InChI=1S/C16H15N3O/c1-2-18(13-7-4-3-5-8-13)16(20)14-9-6-10-15-17-11-12-19(14)15/h3-12H,2H2,1H3. The molecule has 2 aromatic heterocycles. The van der Waals surface area contributed by atoms with E-state index in [1.807, 2.05) is 59.9 Å². The van der Waals surface area contributed by atoms with Gasteiger partial charge in [0.1, 0.15) is 11.3 Å². The van der Waals surface area contributed by atoms with E-state index in [-0.39, 0.29) is 5.91 Å². The minimum absolute atomic E-state index is 0.0256. The zero-order valence-corrected chi connectivity index (χ0v) is 11.2. The van der Waals surface area contributed by atoms with Gasteiger partial charge < -0.3 is 4.90 Å². The Morgan fingerprint density at radius 3 is 2.70 bits per heavy atom. The molecule has 0 aliphatic heterocycles. The van der Waals surface area contributed by atoms with Gasteiger partial charge in [0.25, 0.3) is 5.91 Å². The first-order chi connectivity index (χ1) is 9.81. The van der Waals surface area contributed by atoms with Crippen molar-refractivity contribution in [1.29, 1.82) is 0 Å². The minimum atomic E-state index is -0.0256. The lowest BCUT2D eigenvalue weighted by Crippen LogP contribution is -2.31. The Labute approximate surface area is 117 Å². The Hall–Kier alpha value is -2.62. The molecule has 100 valence electrons. The highest BCUT2D eigenvalue weighted by molar-refractivity contribution is 6.05. The molecule has 3 rings (SSSR count). The maximum Gasteiger partial charge on any atom is 0.275 e. The van der Waals surface area contributed by atoms with Crippen LogP contribution in [0.4, 0.5) is 5.69 Å². The number of fused-ring (bicyclic) bond motifs is 1. The van der Waals surface area contributed by atoms with Crippen molar-refractivity contribution in [3.63, 3.8) is 0 Å². The molecule has 0 spiro atoms. The van der Waals surface area contributed by atoms with Crippen molar-refractivity contribution in [2.75, 3.05) is 11.4 Å². The second-order valence-electron chi connectivity index (χ2n) is 4.45. The average molecular weight is 265 g/mol. The van der Waals surface area contributed by atoms with Crippen molar-refractivity contribution >= 4 is 17.2 Å².